The molecule has 0 aromatic heterocycles. The third kappa shape index (κ3) is 11.3. The normalized spacial score (nSPS) is 18.0. The average molecular weight is 636 g/mol. The second kappa shape index (κ2) is 16.0. The van der Waals surface area contributed by atoms with E-state index in [2.05, 4.69) is 21.3 Å². The first-order chi connectivity index (χ1) is 21.6. The summed E-state index contributed by atoms with van der Waals surface area (Å²) in [6.07, 6.45) is 3.59. The number of amides is 4. The number of nitrogens with one attached hydrogen (secondary N) is 4. The molecule has 3 rings (SSSR count). The van der Waals surface area contributed by atoms with E-state index in [-0.39, 0.29) is 42.5 Å². The summed E-state index contributed by atoms with van der Waals surface area (Å²) in [4.78, 5) is 63.1. The number of benzene rings is 2. The number of urea groups is 1. The molecule has 0 spiro atoms. The number of anilines is 2. The van der Waals surface area contributed by atoms with Crippen molar-refractivity contribution in [3.63, 3.8) is 0 Å². The van der Waals surface area contributed by atoms with Crippen LogP contribution in [0.2, 0.25) is 0 Å². The SMILES string of the molecule is Cc1ccc(NC(=O)Nc2ccc(C3CC(C(=O)NC(C/C=C/CC(NC(=O)CC(C)(C)C)C(=O)O)C(=O)O)N(C)C3)cc2)cc1. The molecule has 1 aliphatic heterocycles. The first-order valence-electron chi connectivity index (χ1n) is 15.3. The second-order valence-corrected chi connectivity index (χ2v) is 13.0. The highest BCUT2D eigenvalue weighted by Crippen LogP contribution is 2.31. The Morgan fingerprint density at radius 1 is 0.848 bits per heavy atom. The summed E-state index contributed by atoms with van der Waals surface area (Å²) in [6.45, 7) is 8.18. The molecule has 12 nitrogen and oxygen atoms in total. The van der Waals surface area contributed by atoms with Crippen molar-refractivity contribution in [3.05, 3.63) is 71.8 Å². The van der Waals surface area contributed by atoms with Gasteiger partial charge in [0.15, 0.2) is 0 Å². The molecular formula is C34H45N5O7. The number of rotatable bonds is 13. The van der Waals surface area contributed by atoms with Crippen molar-refractivity contribution in [1.29, 1.82) is 0 Å². The highest BCUT2D eigenvalue weighted by Gasteiger charge is 2.36. The van der Waals surface area contributed by atoms with Crippen LogP contribution in [0.1, 0.15) is 63.5 Å². The van der Waals surface area contributed by atoms with E-state index in [0.717, 1.165) is 11.1 Å². The Bertz CT molecular complexity index is 1420. The van der Waals surface area contributed by atoms with Crippen molar-refractivity contribution in [2.24, 2.45) is 5.41 Å². The summed E-state index contributed by atoms with van der Waals surface area (Å²) in [5, 5.41) is 29.9. The molecule has 1 saturated heterocycles. The van der Waals surface area contributed by atoms with Gasteiger partial charge in [0, 0.05) is 24.3 Å². The van der Waals surface area contributed by atoms with Gasteiger partial charge in [-0.25, -0.2) is 14.4 Å². The summed E-state index contributed by atoms with van der Waals surface area (Å²) in [7, 11) is 1.81. The van der Waals surface area contributed by atoms with Gasteiger partial charge in [-0.1, -0.05) is 62.8 Å². The number of likely N-dealkylation sites (tertiary alicyclic amines) is 1. The number of aryl methyl sites for hydroxylation is 1. The Morgan fingerprint density at radius 2 is 1.35 bits per heavy atom. The largest absolute Gasteiger partial charge is 0.480 e. The van der Waals surface area contributed by atoms with E-state index in [9.17, 15) is 34.2 Å². The molecule has 2 aromatic carbocycles. The summed E-state index contributed by atoms with van der Waals surface area (Å²) < 4.78 is 0. The van der Waals surface area contributed by atoms with Crippen LogP contribution in [-0.4, -0.2) is 76.6 Å². The minimum absolute atomic E-state index is 0.0235. The van der Waals surface area contributed by atoms with Crippen LogP contribution in [0.5, 0.6) is 0 Å². The maximum Gasteiger partial charge on any atom is 0.326 e. The Hall–Kier alpha value is -4.71. The fourth-order valence-corrected chi connectivity index (χ4v) is 5.22. The summed E-state index contributed by atoms with van der Waals surface area (Å²) >= 11 is 0. The number of carbonyl (C=O) groups is 5. The average Bonchev–Trinajstić information content (AvgIpc) is 3.35. The lowest BCUT2D eigenvalue weighted by molar-refractivity contribution is -0.142. The smallest absolute Gasteiger partial charge is 0.326 e. The van der Waals surface area contributed by atoms with E-state index in [0.29, 0.717) is 24.3 Å². The first kappa shape index (κ1) is 35.8. The van der Waals surface area contributed by atoms with Crippen LogP contribution in [0.15, 0.2) is 60.7 Å². The Balaban J connectivity index is 1.51. The number of carboxylic acids is 2. The van der Waals surface area contributed by atoms with Gasteiger partial charge in [-0.2, -0.15) is 0 Å². The summed E-state index contributed by atoms with van der Waals surface area (Å²) in [5.74, 6) is -3.16. The molecule has 46 heavy (non-hydrogen) atoms. The lowest BCUT2D eigenvalue weighted by atomic mass is 9.92. The lowest BCUT2D eigenvalue weighted by Crippen LogP contribution is -2.48. The molecule has 2 aromatic rings. The van der Waals surface area contributed by atoms with Crippen LogP contribution in [0.4, 0.5) is 16.2 Å². The quantitative estimate of drug-likeness (QED) is 0.176. The van der Waals surface area contributed by atoms with Gasteiger partial charge in [0.2, 0.25) is 11.8 Å². The molecular weight excluding hydrogens is 590 g/mol. The monoisotopic (exact) mass is 635 g/mol. The van der Waals surface area contributed by atoms with E-state index in [1.54, 1.807) is 12.1 Å². The van der Waals surface area contributed by atoms with Gasteiger partial charge < -0.3 is 31.5 Å². The number of hydrogen-bond donors (Lipinski definition) is 6. The number of likely N-dealkylation sites (N-methyl/N-ethyl adjacent to an activating group) is 1. The van der Waals surface area contributed by atoms with Crippen molar-refractivity contribution in [2.75, 3.05) is 24.2 Å². The summed E-state index contributed by atoms with van der Waals surface area (Å²) in [5.41, 5.74) is 3.09. The van der Waals surface area contributed by atoms with Crippen LogP contribution in [-0.2, 0) is 19.2 Å². The van der Waals surface area contributed by atoms with Crippen LogP contribution in [0.3, 0.4) is 0 Å². The van der Waals surface area contributed by atoms with Crippen molar-refractivity contribution in [2.45, 2.75) is 77.4 Å². The maximum atomic E-state index is 13.1. The number of carbonyl (C=O) groups excluding carboxylic acids is 3. The van der Waals surface area contributed by atoms with Gasteiger partial charge in [-0.15, -0.1) is 0 Å². The number of aliphatic carboxylic acids is 2. The highest BCUT2D eigenvalue weighted by atomic mass is 16.4. The molecule has 4 amide bonds. The predicted octanol–water partition coefficient (Wildman–Crippen LogP) is 4.34. The molecule has 1 aliphatic rings. The van der Waals surface area contributed by atoms with Gasteiger partial charge in [-0.3, -0.25) is 14.5 Å². The molecule has 4 unspecified atom stereocenters. The van der Waals surface area contributed by atoms with E-state index in [4.69, 9.17) is 0 Å². The zero-order valence-electron chi connectivity index (χ0n) is 27.0. The molecule has 1 heterocycles. The summed E-state index contributed by atoms with van der Waals surface area (Å²) in [6, 6.07) is 11.6. The van der Waals surface area contributed by atoms with Gasteiger partial charge in [0.05, 0.1) is 6.04 Å². The van der Waals surface area contributed by atoms with E-state index in [1.807, 2.05) is 76.0 Å². The third-order valence-electron chi connectivity index (χ3n) is 7.65. The van der Waals surface area contributed by atoms with Gasteiger partial charge >= 0.3 is 18.0 Å². The van der Waals surface area contributed by atoms with Gasteiger partial charge in [0.1, 0.15) is 12.1 Å². The van der Waals surface area contributed by atoms with Crippen molar-refractivity contribution >= 4 is 41.2 Å². The molecule has 0 radical (unpaired) electrons. The number of carboxylic acid groups (broad SMARTS) is 2. The Kier molecular flexibility index (Phi) is 12.5. The van der Waals surface area contributed by atoms with E-state index >= 15 is 0 Å². The maximum absolute atomic E-state index is 13.1. The predicted molar refractivity (Wildman–Crippen MR) is 176 cm³/mol. The zero-order valence-corrected chi connectivity index (χ0v) is 27.0. The first-order valence-corrected chi connectivity index (χ1v) is 15.3. The lowest BCUT2D eigenvalue weighted by Gasteiger charge is -2.21. The number of nitrogens with zero attached hydrogens (tertiary/aromatic N) is 1. The van der Waals surface area contributed by atoms with Crippen LogP contribution in [0.25, 0.3) is 0 Å². The van der Waals surface area contributed by atoms with Crippen LogP contribution >= 0.6 is 0 Å². The molecule has 12 heteroatoms. The minimum Gasteiger partial charge on any atom is -0.480 e. The van der Waals surface area contributed by atoms with Crippen molar-refractivity contribution in [1.82, 2.24) is 15.5 Å². The number of hydrogen-bond acceptors (Lipinski definition) is 6. The van der Waals surface area contributed by atoms with Gasteiger partial charge in [0.25, 0.3) is 0 Å². The fraction of sp³-hybridized carbons (Fsp3) is 0.441. The topological polar surface area (TPSA) is 177 Å². The molecule has 0 saturated carbocycles. The van der Waals surface area contributed by atoms with Crippen molar-refractivity contribution in [3.8, 4) is 0 Å². The minimum atomic E-state index is -1.21. The molecule has 1 fully saturated rings. The molecule has 6 N–H and O–H groups in total. The standard InChI is InChI=1S/C34H45N5O7/c1-21-10-14-24(15-11-21)35-33(46)36-25-16-12-22(13-17-25)23-18-28(39(5)20-23)30(41)38-27(32(44)45)9-7-6-8-26(31(42)43)37-29(40)19-34(2,3)4/h6-7,10-17,23,26-28H,8-9,18-20H2,1-5H3,(H,37,40)(H,38,41)(H,42,43)(H,44,45)(H2,35,36,46)/b7-6+. The molecule has 4 atom stereocenters. The second-order valence-electron chi connectivity index (χ2n) is 13.0. The molecule has 0 bridgehead atoms. The fourth-order valence-electron chi connectivity index (χ4n) is 5.22. The third-order valence-corrected chi connectivity index (χ3v) is 7.65. The Morgan fingerprint density at radius 3 is 1.85 bits per heavy atom. The van der Waals surface area contributed by atoms with Crippen molar-refractivity contribution < 1.29 is 34.2 Å². The van der Waals surface area contributed by atoms with Crippen LogP contribution in [0, 0.1) is 12.3 Å². The highest BCUT2D eigenvalue weighted by molar-refractivity contribution is 5.99. The van der Waals surface area contributed by atoms with Crippen LogP contribution < -0.4 is 21.3 Å². The van der Waals surface area contributed by atoms with E-state index in [1.165, 1.54) is 12.2 Å². The van der Waals surface area contributed by atoms with Gasteiger partial charge in [-0.05, 0) is 74.4 Å². The van der Waals surface area contributed by atoms with E-state index < -0.39 is 36.0 Å². The zero-order chi connectivity index (χ0) is 34.0. The molecule has 248 valence electrons. The molecule has 0 aliphatic carbocycles. The Labute approximate surface area is 269 Å².